The van der Waals surface area contributed by atoms with Crippen LogP contribution in [0.25, 0.3) is 22.4 Å². The fourth-order valence-electron chi connectivity index (χ4n) is 3.46. The van der Waals surface area contributed by atoms with Crippen LogP contribution in [-0.4, -0.2) is 36.9 Å². The van der Waals surface area contributed by atoms with E-state index in [1.807, 2.05) is 13.0 Å². The van der Waals surface area contributed by atoms with Gasteiger partial charge in [-0.15, -0.1) is 0 Å². The molecule has 1 atom stereocenters. The van der Waals surface area contributed by atoms with Gasteiger partial charge in [-0.3, -0.25) is 4.79 Å². The second-order valence-corrected chi connectivity index (χ2v) is 8.38. The number of carbonyl (C=O) groups excluding carboxylic acids is 1. The first-order chi connectivity index (χ1) is 14.5. The number of anilines is 1. The molecule has 8 nitrogen and oxygen atoms in total. The van der Waals surface area contributed by atoms with Crippen LogP contribution in [0.3, 0.4) is 0 Å². The normalized spacial score (nSPS) is 16.3. The third-order valence-electron chi connectivity index (χ3n) is 4.93. The average Bonchev–Trinajstić information content (AvgIpc) is 3.23. The number of benzene rings is 2. The summed E-state index contributed by atoms with van der Waals surface area (Å²) in [4.78, 5) is 19.6. The molecule has 1 aliphatic heterocycles. The number of carbonyl (C=O) groups is 1. The molecule has 2 N–H and O–H groups in total. The van der Waals surface area contributed by atoms with E-state index in [9.17, 15) is 26.4 Å². The van der Waals surface area contributed by atoms with Crippen LogP contribution < -0.4 is 14.2 Å². The molecular weight excluding hydrogens is 439 g/mol. The van der Waals surface area contributed by atoms with Gasteiger partial charge in [-0.1, -0.05) is 6.92 Å². The molecular formula is C19H16F3N3O5S. The van der Waals surface area contributed by atoms with Crippen LogP contribution in [0, 0.1) is 0 Å². The molecule has 1 aliphatic rings. The topological polar surface area (TPSA) is 110 Å². The summed E-state index contributed by atoms with van der Waals surface area (Å²) in [5.41, 5.74) is -2.42. The van der Waals surface area contributed by atoms with Crippen molar-refractivity contribution in [3.05, 3.63) is 35.9 Å². The Morgan fingerprint density at radius 3 is 2.58 bits per heavy atom. The van der Waals surface area contributed by atoms with Crippen molar-refractivity contribution in [1.82, 2.24) is 9.97 Å². The average molecular weight is 455 g/mol. The van der Waals surface area contributed by atoms with Gasteiger partial charge < -0.3 is 19.2 Å². The SMILES string of the molecule is CCC1C(=O)Nc2cc3nc(-c4ccc(OS(=O)(=O)C(F)(F)F)cc4OC)[nH]c3cc21. The molecule has 0 fully saturated rings. The number of rotatable bonds is 5. The van der Waals surface area contributed by atoms with E-state index >= 15 is 0 Å². The zero-order chi connectivity index (χ0) is 22.6. The summed E-state index contributed by atoms with van der Waals surface area (Å²) in [6.07, 6.45) is 0.640. The third kappa shape index (κ3) is 3.56. The van der Waals surface area contributed by atoms with Crippen LogP contribution in [0.15, 0.2) is 30.3 Å². The number of H-pyrrole nitrogens is 1. The third-order valence-corrected chi connectivity index (χ3v) is 5.91. The van der Waals surface area contributed by atoms with Gasteiger partial charge in [0.05, 0.1) is 29.6 Å². The predicted molar refractivity (Wildman–Crippen MR) is 105 cm³/mol. The summed E-state index contributed by atoms with van der Waals surface area (Å²) in [5, 5.41) is 2.82. The molecule has 3 aromatic rings. The molecule has 0 saturated carbocycles. The zero-order valence-electron chi connectivity index (χ0n) is 16.2. The zero-order valence-corrected chi connectivity index (χ0v) is 17.0. The molecule has 1 aromatic heterocycles. The van der Waals surface area contributed by atoms with Crippen molar-refractivity contribution in [3.63, 3.8) is 0 Å². The number of imidazole rings is 1. The minimum atomic E-state index is -5.81. The van der Waals surface area contributed by atoms with E-state index in [0.29, 0.717) is 34.5 Å². The van der Waals surface area contributed by atoms with E-state index in [2.05, 4.69) is 19.5 Å². The highest BCUT2D eigenvalue weighted by Crippen LogP contribution is 2.39. The van der Waals surface area contributed by atoms with E-state index in [1.54, 1.807) is 6.07 Å². The lowest BCUT2D eigenvalue weighted by Gasteiger charge is -2.12. The number of aromatic nitrogens is 2. The smallest absolute Gasteiger partial charge is 0.496 e. The highest BCUT2D eigenvalue weighted by molar-refractivity contribution is 7.88. The molecule has 0 saturated heterocycles. The van der Waals surface area contributed by atoms with Gasteiger partial charge in [-0.25, -0.2) is 4.98 Å². The number of methoxy groups -OCH3 is 1. The van der Waals surface area contributed by atoms with Gasteiger partial charge in [0.15, 0.2) is 0 Å². The minimum Gasteiger partial charge on any atom is -0.496 e. The van der Waals surface area contributed by atoms with Gasteiger partial charge >= 0.3 is 15.6 Å². The Kier molecular flexibility index (Phi) is 4.84. The van der Waals surface area contributed by atoms with Crippen molar-refractivity contribution in [2.75, 3.05) is 12.4 Å². The van der Waals surface area contributed by atoms with Crippen LogP contribution >= 0.6 is 0 Å². The number of hydrogen-bond acceptors (Lipinski definition) is 6. The molecule has 12 heteroatoms. The van der Waals surface area contributed by atoms with Crippen LogP contribution in [0.5, 0.6) is 11.5 Å². The van der Waals surface area contributed by atoms with Crippen LogP contribution in [0.2, 0.25) is 0 Å². The Balaban J connectivity index is 1.72. The Labute approximate surface area is 174 Å². The van der Waals surface area contributed by atoms with Crippen molar-refractivity contribution in [1.29, 1.82) is 0 Å². The van der Waals surface area contributed by atoms with Gasteiger partial charge in [-0.05, 0) is 36.2 Å². The number of fused-ring (bicyclic) bond motifs is 2. The molecule has 31 heavy (non-hydrogen) atoms. The monoisotopic (exact) mass is 455 g/mol. The van der Waals surface area contributed by atoms with Gasteiger partial charge in [-0.2, -0.15) is 21.6 Å². The van der Waals surface area contributed by atoms with Gasteiger partial charge in [0.1, 0.15) is 17.3 Å². The fourth-order valence-corrected chi connectivity index (χ4v) is 3.91. The Morgan fingerprint density at radius 1 is 1.19 bits per heavy atom. The minimum absolute atomic E-state index is 0.0567. The lowest BCUT2D eigenvalue weighted by atomic mass is 9.98. The molecule has 164 valence electrons. The van der Waals surface area contributed by atoms with Crippen molar-refractivity contribution in [2.24, 2.45) is 0 Å². The Hall–Kier alpha value is -3.28. The first-order valence-electron chi connectivity index (χ1n) is 9.07. The maximum absolute atomic E-state index is 12.6. The highest BCUT2D eigenvalue weighted by Gasteiger charge is 2.48. The summed E-state index contributed by atoms with van der Waals surface area (Å²) in [6.45, 7) is 1.91. The second kappa shape index (κ2) is 7.15. The number of alkyl halides is 3. The van der Waals surface area contributed by atoms with E-state index in [-0.39, 0.29) is 17.6 Å². The van der Waals surface area contributed by atoms with E-state index in [4.69, 9.17) is 4.74 Å². The number of amides is 1. The maximum Gasteiger partial charge on any atom is 0.534 e. The number of nitrogens with zero attached hydrogens (tertiary/aromatic N) is 1. The quantitative estimate of drug-likeness (QED) is 0.446. The molecule has 0 radical (unpaired) electrons. The molecule has 4 rings (SSSR count). The second-order valence-electron chi connectivity index (χ2n) is 6.84. The summed E-state index contributed by atoms with van der Waals surface area (Å²) >= 11 is 0. The largest absolute Gasteiger partial charge is 0.534 e. The molecule has 2 aromatic carbocycles. The number of hydrogen-bond donors (Lipinski definition) is 2. The molecule has 1 amide bonds. The van der Waals surface area contributed by atoms with Crippen LogP contribution in [0.4, 0.5) is 18.9 Å². The Morgan fingerprint density at radius 2 is 1.94 bits per heavy atom. The van der Waals surface area contributed by atoms with Crippen LogP contribution in [-0.2, 0) is 14.9 Å². The molecule has 0 spiro atoms. The van der Waals surface area contributed by atoms with Crippen LogP contribution in [0.1, 0.15) is 24.8 Å². The van der Waals surface area contributed by atoms with Crippen molar-refractivity contribution >= 4 is 32.7 Å². The van der Waals surface area contributed by atoms with Gasteiger partial charge in [0.2, 0.25) is 5.91 Å². The first-order valence-corrected chi connectivity index (χ1v) is 10.5. The van der Waals surface area contributed by atoms with Crippen molar-refractivity contribution in [2.45, 2.75) is 24.8 Å². The van der Waals surface area contributed by atoms with Gasteiger partial charge in [0.25, 0.3) is 0 Å². The summed E-state index contributed by atoms with van der Waals surface area (Å²) in [6, 6.07) is 6.99. The lowest BCUT2D eigenvalue weighted by Crippen LogP contribution is -2.28. The molecule has 0 bridgehead atoms. The molecule has 2 heterocycles. The van der Waals surface area contributed by atoms with E-state index in [1.165, 1.54) is 13.2 Å². The lowest BCUT2D eigenvalue weighted by molar-refractivity contribution is -0.117. The number of halogens is 3. The standard InChI is InChI=1S/C19H16F3N3O5S/c1-3-10-12-7-14-15(8-13(12)25-18(10)26)24-17(23-14)11-5-4-9(6-16(11)29-2)30-31(27,28)19(20,21)22/h4-8,10H,3H2,1-2H3,(H,23,24)(H,25,26). The van der Waals surface area contributed by atoms with Crippen molar-refractivity contribution in [3.8, 4) is 22.9 Å². The molecule has 0 aliphatic carbocycles. The predicted octanol–water partition coefficient (Wildman–Crippen LogP) is 3.91. The summed E-state index contributed by atoms with van der Waals surface area (Å²) < 4.78 is 69.5. The van der Waals surface area contributed by atoms with E-state index < -0.39 is 21.4 Å². The first kappa shape index (κ1) is 21.0. The maximum atomic E-state index is 12.6. The fraction of sp³-hybridized carbons (Fsp3) is 0.263. The van der Waals surface area contributed by atoms with E-state index in [0.717, 1.165) is 17.7 Å². The Bertz CT molecular complexity index is 1300. The van der Waals surface area contributed by atoms with Gasteiger partial charge in [0, 0.05) is 11.8 Å². The number of nitrogens with one attached hydrogen (secondary N) is 2. The summed E-state index contributed by atoms with van der Waals surface area (Å²) in [5.74, 6) is -0.480. The van der Waals surface area contributed by atoms with Crippen molar-refractivity contribution < 1.29 is 35.3 Å². The molecule has 1 unspecified atom stereocenters. The summed E-state index contributed by atoms with van der Waals surface area (Å²) in [7, 11) is -4.53. The highest BCUT2D eigenvalue weighted by atomic mass is 32.2. The number of aromatic amines is 1. The number of ether oxygens (including phenoxy) is 1.